The number of H-pyrrole nitrogens is 1. The van der Waals surface area contributed by atoms with E-state index in [2.05, 4.69) is 12.0 Å². The number of fused-ring (bicyclic) bond motifs is 1. The Kier molecular flexibility index (Phi) is 3.81. The standard InChI is InChI=1S/C14H15N3O2/c1-2-3-4-6-10-7-5-8-11-12(10)13(18)14(19)16-17(11)9-15/h5,7-8H,2-4,6H2,1H3,(H,16,19). The highest BCUT2D eigenvalue weighted by Gasteiger charge is 2.10. The van der Waals surface area contributed by atoms with E-state index < -0.39 is 11.0 Å². The van der Waals surface area contributed by atoms with Crippen LogP contribution >= 0.6 is 0 Å². The molecule has 0 aliphatic rings. The van der Waals surface area contributed by atoms with Crippen molar-refractivity contribution in [1.29, 1.82) is 5.26 Å². The average molecular weight is 257 g/mol. The summed E-state index contributed by atoms with van der Waals surface area (Å²) in [5, 5.41) is 11.6. The molecular formula is C14H15N3O2. The van der Waals surface area contributed by atoms with E-state index in [1.54, 1.807) is 12.1 Å². The van der Waals surface area contributed by atoms with E-state index in [1.807, 2.05) is 12.3 Å². The van der Waals surface area contributed by atoms with Crippen LogP contribution in [0.15, 0.2) is 27.8 Å². The van der Waals surface area contributed by atoms with Gasteiger partial charge in [0.25, 0.3) is 5.43 Å². The summed E-state index contributed by atoms with van der Waals surface area (Å²) in [6.07, 6.45) is 5.73. The number of aromatic amines is 1. The highest BCUT2D eigenvalue weighted by atomic mass is 16.2. The fourth-order valence-electron chi connectivity index (χ4n) is 2.21. The molecule has 0 aliphatic carbocycles. The maximum atomic E-state index is 12.0. The van der Waals surface area contributed by atoms with Crippen molar-refractivity contribution in [1.82, 2.24) is 9.78 Å². The second kappa shape index (κ2) is 5.53. The highest BCUT2D eigenvalue weighted by molar-refractivity contribution is 5.82. The van der Waals surface area contributed by atoms with E-state index in [0.717, 1.165) is 35.9 Å². The van der Waals surface area contributed by atoms with Gasteiger partial charge in [0.15, 0.2) is 0 Å². The third-order valence-corrected chi connectivity index (χ3v) is 3.17. The number of hydrogen-bond acceptors (Lipinski definition) is 3. The molecule has 2 rings (SSSR count). The summed E-state index contributed by atoms with van der Waals surface area (Å²) in [6.45, 7) is 2.11. The fraction of sp³-hybridized carbons (Fsp3) is 0.357. The Bertz CT molecular complexity index is 750. The second-order valence-electron chi connectivity index (χ2n) is 4.47. The van der Waals surface area contributed by atoms with Crippen LogP contribution in [0.25, 0.3) is 10.9 Å². The van der Waals surface area contributed by atoms with Gasteiger partial charge in [-0.3, -0.25) is 9.59 Å². The zero-order valence-electron chi connectivity index (χ0n) is 10.8. The number of unbranched alkanes of at least 4 members (excludes halogenated alkanes) is 2. The van der Waals surface area contributed by atoms with Crippen molar-refractivity contribution in [2.24, 2.45) is 0 Å². The largest absolute Gasteiger partial charge is 0.311 e. The van der Waals surface area contributed by atoms with Crippen molar-refractivity contribution in [3.8, 4) is 6.19 Å². The quantitative estimate of drug-likeness (QED) is 0.669. The van der Waals surface area contributed by atoms with Gasteiger partial charge in [-0.2, -0.15) is 9.94 Å². The van der Waals surface area contributed by atoms with Crippen molar-refractivity contribution in [3.05, 3.63) is 44.3 Å². The van der Waals surface area contributed by atoms with Gasteiger partial charge in [-0.25, -0.2) is 5.10 Å². The van der Waals surface area contributed by atoms with Gasteiger partial charge in [-0.05, 0) is 24.5 Å². The number of aryl methyl sites for hydroxylation is 1. The second-order valence-corrected chi connectivity index (χ2v) is 4.47. The first kappa shape index (κ1) is 13.1. The Labute approximate surface area is 110 Å². The number of nitrogens with one attached hydrogen (secondary N) is 1. The minimum Gasteiger partial charge on any atom is -0.283 e. The molecule has 0 saturated heterocycles. The molecular weight excluding hydrogens is 242 g/mol. The van der Waals surface area contributed by atoms with Crippen molar-refractivity contribution >= 4 is 10.9 Å². The molecule has 0 fully saturated rings. The van der Waals surface area contributed by atoms with E-state index in [9.17, 15) is 9.59 Å². The molecule has 0 amide bonds. The summed E-state index contributed by atoms with van der Waals surface area (Å²) < 4.78 is 1.04. The first-order chi connectivity index (χ1) is 9.19. The highest BCUT2D eigenvalue weighted by Crippen LogP contribution is 2.16. The number of aromatic nitrogens is 2. The molecule has 0 unspecified atom stereocenters. The fourth-order valence-corrected chi connectivity index (χ4v) is 2.21. The lowest BCUT2D eigenvalue weighted by molar-refractivity contribution is 0.719. The van der Waals surface area contributed by atoms with E-state index in [4.69, 9.17) is 5.26 Å². The zero-order valence-corrected chi connectivity index (χ0v) is 10.8. The van der Waals surface area contributed by atoms with Crippen LogP contribution in [-0.2, 0) is 6.42 Å². The van der Waals surface area contributed by atoms with Crippen molar-refractivity contribution in [2.45, 2.75) is 32.6 Å². The molecule has 5 heteroatoms. The van der Waals surface area contributed by atoms with Gasteiger partial charge >= 0.3 is 5.56 Å². The SMILES string of the molecule is CCCCCc1cccc2c1c(=O)c(=O)[nH]n2C#N. The monoisotopic (exact) mass is 257 g/mol. The molecule has 19 heavy (non-hydrogen) atoms. The summed E-state index contributed by atoms with van der Waals surface area (Å²) in [5.74, 6) is 0. The van der Waals surface area contributed by atoms with Gasteiger partial charge in [0, 0.05) is 0 Å². The number of nitriles is 1. The molecule has 0 bridgehead atoms. The van der Waals surface area contributed by atoms with Crippen molar-refractivity contribution < 1.29 is 0 Å². The van der Waals surface area contributed by atoms with Gasteiger partial charge < -0.3 is 0 Å². The topological polar surface area (TPSA) is 78.7 Å². The van der Waals surface area contributed by atoms with Crippen LogP contribution in [0, 0.1) is 11.5 Å². The number of benzene rings is 1. The number of nitrogens with zero attached hydrogens (tertiary/aromatic N) is 2. The zero-order chi connectivity index (χ0) is 13.8. The van der Waals surface area contributed by atoms with Gasteiger partial charge in [0.2, 0.25) is 6.19 Å². The van der Waals surface area contributed by atoms with Gasteiger partial charge in [0.1, 0.15) is 0 Å². The molecule has 0 atom stereocenters. The number of rotatable bonds is 4. The normalized spacial score (nSPS) is 10.5. The molecule has 5 nitrogen and oxygen atoms in total. The summed E-state index contributed by atoms with van der Waals surface area (Å²) in [4.78, 5) is 23.5. The summed E-state index contributed by atoms with van der Waals surface area (Å²) in [5.41, 5.74) is -0.0160. The van der Waals surface area contributed by atoms with Crippen LogP contribution in [0.2, 0.25) is 0 Å². The van der Waals surface area contributed by atoms with Crippen molar-refractivity contribution in [2.75, 3.05) is 0 Å². The van der Waals surface area contributed by atoms with E-state index >= 15 is 0 Å². The molecule has 98 valence electrons. The predicted molar refractivity (Wildman–Crippen MR) is 73.1 cm³/mol. The van der Waals surface area contributed by atoms with E-state index in [0.29, 0.717) is 10.9 Å². The first-order valence-corrected chi connectivity index (χ1v) is 6.36. The van der Waals surface area contributed by atoms with Crippen LogP contribution in [0.1, 0.15) is 31.7 Å². The summed E-state index contributed by atoms with van der Waals surface area (Å²) >= 11 is 0. The van der Waals surface area contributed by atoms with Crippen LogP contribution in [-0.4, -0.2) is 9.78 Å². The molecule has 0 saturated carbocycles. The van der Waals surface area contributed by atoms with E-state index in [1.165, 1.54) is 0 Å². The van der Waals surface area contributed by atoms with Crippen molar-refractivity contribution in [3.63, 3.8) is 0 Å². The van der Waals surface area contributed by atoms with Crippen LogP contribution in [0.5, 0.6) is 0 Å². The average Bonchev–Trinajstić information content (AvgIpc) is 2.43. The minimum atomic E-state index is -0.753. The molecule has 1 aromatic heterocycles. The lowest BCUT2D eigenvalue weighted by Crippen LogP contribution is -2.31. The Hall–Kier alpha value is -2.35. The third kappa shape index (κ3) is 2.43. The summed E-state index contributed by atoms with van der Waals surface area (Å²) in [7, 11) is 0. The lowest BCUT2D eigenvalue weighted by atomic mass is 10.0. The Morgan fingerprint density at radius 2 is 2.11 bits per heavy atom. The molecule has 0 spiro atoms. The Morgan fingerprint density at radius 1 is 1.32 bits per heavy atom. The molecule has 1 aromatic carbocycles. The van der Waals surface area contributed by atoms with Gasteiger partial charge in [-0.15, -0.1) is 0 Å². The summed E-state index contributed by atoms with van der Waals surface area (Å²) in [6, 6.07) is 5.31. The van der Waals surface area contributed by atoms with Gasteiger partial charge in [-0.1, -0.05) is 31.9 Å². The van der Waals surface area contributed by atoms with Gasteiger partial charge in [0.05, 0.1) is 10.9 Å². The number of hydrogen-bond donors (Lipinski definition) is 1. The third-order valence-electron chi connectivity index (χ3n) is 3.17. The maximum absolute atomic E-state index is 12.0. The van der Waals surface area contributed by atoms with Crippen LogP contribution in [0.4, 0.5) is 0 Å². The maximum Gasteiger partial charge on any atom is 0.311 e. The Balaban J connectivity index is 2.67. The molecule has 1 heterocycles. The van der Waals surface area contributed by atoms with E-state index in [-0.39, 0.29) is 0 Å². The first-order valence-electron chi connectivity index (χ1n) is 6.36. The Morgan fingerprint density at radius 3 is 2.79 bits per heavy atom. The smallest absolute Gasteiger partial charge is 0.283 e. The van der Waals surface area contributed by atoms with Crippen LogP contribution in [0.3, 0.4) is 0 Å². The molecule has 1 N–H and O–H groups in total. The lowest BCUT2D eigenvalue weighted by Gasteiger charge is -2.07. The minimum absolute atomic E-state index is 0.365. The van der Waals surface area contributed by atoms with Crippen LogP contribution < -0.4 is 11.0 Å². The molecule has 0 radical (unpaired) electrons. The molecule has 2 aromatic rings. The predicted octanol–water partition coefficient (Wildman–Crippen LogP) is 1.75. The molecule has 0 aliphatic heterocycles.